The lowest BCUT2D eigenvalue weighted by Crippen LogP contribution is -2.43. The number of alkyl halides is 1. The Labute approximate surface area is 184 Å². The van der Waals surface area contributed by atoms with Crippen LogP contribution in [0.4, 0.5) is 14.6 Å². The highest BCUT2D eigenvalue weighted by Crippen LogP contribution is 2.23. The van der Waals surface area contributed by atoms with Gasteiger partial charge in [-0.1, -0.05) is 6.07 Å². The van der Waals surface area contributed by atoms with Crippen LogP contribution >= 0.6 is 0 Å². The molecule has 8 nitrogen and oxygen atoms in total. The lowest BCUT2D eigenvalue weighted by atomic mass is 10.1. The number of amides is 1. The third-order valence-electron chi connectivity index (χ3n) is 5.56. The van der Waals surface area contributed by atoms with Gasteiger partial charge in [-0.05, 0) is 43.7 Å². The number of imidazole rings is 1. The summed E-state index contributed by atoms with van der Waals surface area (Å²) in [5.41, 5.74) is 1.68. The molecule has 4 rings (SSSR count). The van der Waals surface area contributed by atoms with Crippen molar-refractivity contribution in [3.63, 3.8) is 0 Å². The number of rotatable bonds is 9. The number of ether oxygens (including phenoxy) is 1. The van der Waals surface area contributed by atoms with Crippen molar-refractivity contribution in [2.24, 2.45) is 0 Å². The van der Waals surface area contributed by atoms with Crippen molar-refractivity contribution in [1.82, 2.24) is 25.2 Å². The van der Waals surface area contributed by atoms with Gasteiger partial charge < -0.3 is 20.7 Å². The van der Waals surface area contributed by atoms with E-state index in [0.717, 1.165) is 13.0 Å². The van der Waals surface area contributed by atoms with Gasteiger partial charge in [0.05, 0.1) is 36.3 Å². The fraction of sp³-hybridized carbons (Fsp3) is 0.409. The Kier molecular flexibility index (Phi) is 6.91. The second-order valence-corrected chi connectivity index (χ2v) is 7.63. The monoisotopic (exact) mass is 444 g/mol. The minimum atomic E-state index is -0.630. The zero-order valence-corrected chi connectivity index (χ0v) is 17.8. The van der Waals surface area contributed by atoms with Crippen LogP contribution in [0.2, 0.25) is 0 Å². The number of benzene rings is 1. The van der Waals surface area contributed by atoms with E-state index in [0.29, 0.717) is 42.2 Å². The zero-order valence-electron chi connectivity index (χ0n) is 17.8. The molecule has 1 aliphatic rings. The molecule has 0 aliphatic carbocycles. The maximum atomic E-state index is 14.8. The molecule has 1 amide bonds. The van der Waals surface area contributed by atoms with E-state index in [1.807, 2.05) is 0 Å². The van der Waals surface area contributed by atoms with Crippen molar-refractivity contribution in [3.8, 4) is 11.3 Å². The summed E-state index contributed by atoms with van der Waals surface area (Å²) in [7, 11) is 1.64. The summed E-state index contributed by atoms with van der Waals surface area (Å²) in [6, 6.07) is 7.96. The van der Waals surface area contributed by atoms with Crippen molar-refractivity contribution in [3.05, 3.63) is 47.9 Å². The molecule has 3 heterocycles. The quantitative estimate of drug-likeness (QED) is 0.439. The van der Waals surface area contributed by atoms with Gasteiger partial charge in [0.15, 0.2) is 5.65 Å². The van der Waals surface area contributed by atoms with Crippen LogP contribution in [0, 0.1) is 5.82 Å². The summed E-state index contributed by atoms with van der Waals surface area (Å²) in [4.78, 5) is 16.8. The molecule has 3 aromatic rings. The number of hydrogen-bond donors (Lipinski definition) is 3. The summed E-state index contributed by atoms with van der Waals surface area (Å²) in [6.07, 6.45) is 2.88. The predicted molar refractivity (Wildman–Crippen MR) is 117 cm³/mol. The number of nitrogens with one attached hydrogen (secondary N) is 3. The minimum Gasteiger partial charge on any atom is -0.380 e. The first kappa shape index (κ1) is 22.1. The molecule has 170 valence electrons. The van der Waals surface area contributed by atoms with E-state index in [2.05, 4.69) is 26.0 Å². The van der Waals surface area contributed by atoms with Gasteiger partial charge in [-0.25, -0.2) is 13.9 Å². The van der Waals surface area contributed by atoms with Crippen molar-refractivity contribution in [1.29, 1.82) is 0 Å². The third kappa shape index (κ3) is 4.71. The first-order chi connectivity index (χ1) is 15.6. The molecule has 1 fully saturated rings. The van der Waals surface area contributed by atoms with Gasteiger partial charge in [-0.3, -0.25) is 9.18 Å². The molecule has 0 bridgehead atoms. The number of hydrogen-bond acceptors (Lipinski definition) is 6. The van der Waals surface area contributed by atoms with E-state index in [-0.39, 0.29) is 17.7 Å². The maximum absolute atomic E-state index is 14.8. The van der Waals surface area contributed by atoms with Crippen molar-refractivity contribution >= 4 is 17.4 Å². The normalized spacial score (nSPS) is 18.2. The van der Waals surface area contributed by atoms with E-state index in [9.17, 15) is 13.6 Å². The van der Waals surface area contributed by atoms with Gasteiger partial charge in [-0.2, -0.15) is 0 Å². The Morgan fingerprint density at radius 1 is 1.34 bits per heavy atom. The number of fused-ring (bicyclic) bond motifs is 1. The lowest BCUT2D eigenvalue weighted by molar-refractivity contribution is 0.0843. The highest BCUT2D eigenvalue weighted by atomic mass is 19.1. The second kappa shape index (κ2) is 10.0. The molecule has 1 aliphatic heterocycles. The Bertz CT molecular complexity index is 1090. The Hall–Kier alpha value is -3.11. The Morgan fingerprint density at radius 2 is 2.22 bits per heavy atom. The minimum absolute atomic E-state index is 0.00299. The van der Waals surface area contributed by atoms with Crippen molar-refractivity contribution in [2.75, 3.05) is 38.7 Å². The molecule has 10 heteroatoms. The van der Waals surface area contributed by atoms with Crippen LogP contribution in [0.3, 0.4) is 0 Å². The number of nitrogens with zero attached hydrogens (tertiary/aromatic N) is 3. The fourth-order valence-electron chi connectivity index (χ4n) is 3.83. The van der Waals surface area contributed by atoms with Crippen LogP contribution in [-0.2, 0) is 4.74 Å². The molecule has 0 spiro atoms. The highest BCUT2D eigenvalue weighted by molar-refractivity contribution is 5.95. The summed E-state index contributed by atoms with van der Waals surface area (Å²) < 4.78 is 34.1. The van der Waals surface area contributed by atoms with Gasteiger partial charge in [0.25, 0.3) is 5.91 Å². The smallest absolute Gasteiger partial charge is 0.254 e. The van der Waals surface area contributed by atoms with Crippen LogP contribution in [-0.4, -0.2) is 66.1 Å². The fourth-order valence-corrected chi connectivity index (χ4v) is 3.83. The van der Waals surface area contributed by atoms with E-state index in [4.69, 9.17) is 4.74 Å². The standard InChI is InChI=1S/C22H26F2N6O2/c1-32-19-7-10-25-17(19)12-28-22(31)15-4-3-14(11-16(15)24)18-13-27-21-6-5-20(29-30(18)21)26-9-2-8-23/h3-6,11,13,17,19,25H,2,7-10,12H2,1H3,(H,26,29)(H,28,31)/t17-,19+/m1/s1. The number of methoxy groups -OCH3 is 1. The number of halogens is 2. The van der Waals surface area contributed by atoms with E-state index in [1.165, 1.54) is 12.1 Å². The average molecular weight is 444 g/mol. The van der Waals surface area contributed by atoms with E-state index in [1.54, 1.807) is 36.0 Å². The van der Waals surface area contributed by atoms with Crippen molar-refractivity contribution < 1.29 is 18.3 Å². The van der Waals surface area contributed by atoms with Crippen molar-refractivity contribution in [2.45, 2.75) is 25.0 Å². The van der Waals surface area contributed by atoms with Gasteiger partial charge in [0.2, 0.25) is 0 Å². The van der Waals surface area contributed by atoms with Crippen LogP contribution in [0.5, 0.6) is 0 Å². The number of anilines is 1. The van der Waals surface area contributed by atoms with E-state index < -0.39 is 18.4 Å². The molecule has 0 radical (unpaired) electrons. The molecule has 1 aromatic carbocycles. The third-order valence-corrected chi connectivity index (χ3v) is 5.56. The molecule has 0 saturated carbocycles. The highest BCUT2D eigenvalue weighted by Gasteiger charge is 2.27. The molecule has 32 heavy (non-hydrogen) atoms. The van der Waals surface area contributed by atoms with Crippen LogP contribution in [0.25, 0.3) is 16.9 Å². The number of carbonyl (C=O) groups is 1. The molecule has 1 saturated heterocycles. The first-order valence-electron chi connectivity index (χ1n) is 10.6. The first-order valence-corrected chi connectivity index (χ1v) is 10.6. The van der Waals surface area contributed by atoms with Gasteiger partial charge >= 0.3 is 0 Å². The molecule has 0 unspecified atom stereocenters. The van der Waals surface area contributed by atoms with Gasteiger partial charge in [0.1, 0.15) is 11.6 Å². The lowest BCUT2D eigenvalue weighted by Gasteiger charge is -2.18. The largest absolute Gasteiger partial charge is 0.380 e. The van der Waals surface area contributed by atoms with Crippen LogP contribution < -0.4 is 16.0 Å². The topological polar surface area (TPSA) is 92.6 Å². The SMILES string of the molecule is CO[C@H]1CCN[C@@H]1CNC(=O)c1ccc(-c2cnc3ccc(NCCCF)nn23)cc1F. The molecule has 2 aromatic heterocycles. The average Bonchev–Trinajstić information content (AvgIpc) is 3.44. The Morgan fingerprint density at radius 3 is 3.00 bits per heavy atom. The molecule has 2 atom stereocenters. The molecule has 3 N–H and O–H groups in total. The van der Waals surface area contributed by atoms with Crippen LogP contribution in [0.15, 0.2) is 36.5 Å². The Balaban J connectivity index is 1.49. The van der Waals surface area contributed by atoms with E-state index >= 15 is 0 Å². The van der Waals surface area contributed by atoms with Gasteiger partial charge in [-0.15, -0.1) is 5.10 Å². The number of aromatic nitrogens is 3. The summed E-state index contributed by atoms with van der Waals surface area (Å²) >= 11 is 0. The maximum Gasteiger partial charge on any atom is 0.254 e. The predicted octanol–water partition coefficient (Wildman–Crippen LogP) is 2.41. The molecular weight excluding hydrogens is 418 g/mol. The van der Waals surface area contributed by atoms with Gasteiger partial charge in [0, 0.05) is 25.8 Å². The summed E-state index contributed by atoms with van der Waals surface area (Å²) in [6.45, 7) is 1.23. The second-order valence-electron chi connectivity index (χ2n) is 7.63. The zero-order chi connectivity index (χ0) is 22.5. The summed E-state index contributed by atoms with van der Waals surface area (Å²) in [5.74, 6) is -0.542. The van der Waals surface area contributed by atoms with Crippen LogP contribution in [0.1, 0.15) is 23.2 Å². The summed E-state index contributed by atoms with van der Waals surface area (Å²) in [5, 5.41) is 13.6. The number of carbonyl (C=O) groups excluding carboxylic acids is 1. The molecular formula is C22H26F2N6O2.